The highest BCUT2D eigenvalue weighted by Gasteiger charge is 2.47. The van der Waals surface area contributed by atoms with Gasteiger partial charge in [0.05, 0.1) is 28.1 Å². The zero-order valence-corrected chi connectivity index (χ0v) is 49.2. The molecule has 0 fully saturated rings. The average molecular weight is 1030 g/mol. The van der Waals surface area contributed by atoms with Gasteiger partial charge in [-0.1, -0.05) is 214 Å². The number of fused-ring (bicyclic) bond motifs is 7. The maximum atomic E-state index is 5.44. The van der Waals surface area contributed by atoms with Crippen molar-refractivity contribution in [1.29, 1.82) is 0 Å². The minimum Gasteiger partial charge on any atom is -0.311 e. The van der Waals surface area contributed by atoms with E-state index in [0.717, 1.165) is 33.7 Å². The molecule has 4 nitrogen and oxygen atoms in total. The third-order valence-corrected chi connectivity index (χ3v) is 17.8. The molecule has 0 saturated heterocycles. The fourth-order valence-corrected chi connectivity index (χ4v) is 13.5. The highest BCUT2D eigenvalue weighted by molar-refractivity contribution is 7.99. The number of hydrogen-bond donors (Lipinski definition) is 0. The first-order valence-corrected chi connectivity index (χ1v) is 28.9. The first-order chi connectivity index (χ1) is 36.4. The zero-order chi connectivity index (χ0) is 54.4. The summed E-state index contributed by atoms with van der Waals surface area (Å²) in [6, 6.07) is 58.9. The number of hydrogen-bond acceptors (Lipinski definition) is 4. The van der Waals surface area contributed by atoms with Crippen LogP contribution in [-0.2, 0) is 21.7 Å². The highest BCUT2D eigenvalue weighted by Crippen LogP contribution is 2.56. The number of anilines is 6. The normalized spacial score (nSPS) is 14.1. The Bertz CT molecular complexity index is 3800. The summed E-state index contributed by atoms with van der Waals surface area (Å²) in [6.07, 6.45) is 0. The van der Waals surface area contributed by atoms with Crippen molar-refractivity contribution < 1.29 is 0 Å². The summed E-state index contributed by atoms with van der Waals surface area (Å²) in [5.74, 6) is 1.63. The predicted octanol–water partition coefficient (Wildman–Crippen LogP) is 18.3. The molecule has 0 spiro atoms. The van der Waals surface area contributed by atoms with Crippen molar-refractivity contribution in [2.24, 2.45) is 0 Å². The Balaban J connectivity index is 1.13. The summed E-state index contributed by atoms with van der Waals surface area (Å²) >= 11 is 1.95. The van der Waals surface area contributed by atoms with Crippen LogP contribution in [0, 0.1) is 0 Å². The van der Waals surface area contributed by atoms with Crippen LogP contribution in [0.2, 0.25) is 0 Å². The van der Waals surface area contributed by atoms with E-state index in [2.05, 4.69) is 277 Å². The largest absolute Gasteiger partial charge is 0.311 e. The van der Waals surface area contributed by atoms with E-state index in [1.165, 1.54) is 99.2 Å². The van der Waals surface area contributed by atoms with E-state index >= 15 is 0 Å². The summed E-state index contributed by atoms with van der Waals surface area (Å²) in [7, 11) is 0. The number of benzene rings is 8. The molecule has 0 N–H and O–H groups in total. The van der Waals surface area contributed by atoms with E-state index < -0.39 is 0 Å². The lowest BCUT2D eigenvalue weighted by Gasteiger charge is -2.47. The fraction of sp³-hybridized carbons (Fsp3) is 0.310. The molecule has 0 unspecified atom stereocenters. The lowest BCUT2D eigenvalue weighted by Crippen LogP contribution is -2.62. The van der Waals surface area contributed by atoms with E-state index in [1.807, 2.05) is 11.8 Å². The van der Waals surface area contributed by atoms with Crippen molar-refractivity contribution in [2.45, 2.75) is 154 Å². The van der Waals surface area contributed by atoms with Gasteiger partial charge in [-0.15, -0.1) is 0 Å². The third kappa shape index (κ3) is 8.47. The molecule has 388 valence electrons. The Hall–Kier alpha value is -6.76. The summed E-state index contributed by atoms with van der Waals surface area (Å²) in [4.78, 5) is 13.3. The van der Waals surface area contributed by atoms with Crippen LogP contribution in [0.1, 0.15) is 156 Å². The smallest absolute Gasteiger partial charge is 0.252 e. The van der Waals surface area contributed by atoms with Gasteiger partial charge in [-0.25, -0.2) is 4.98 Å². The van der Waals surface area contributed by atoms with Gasteiger partial charge in [0.15, 0.2) is 0 Å². The predicted molar refractivity (Wildman–Crippen MR) is 333 cm³/mol. The van der Waals surface area contributed by atoms with Crippen LogP contribution in [0.3, 0.4) is 0 Å². The lowest BCUT2D eigenvalue weighted by atomic mass is 9.33. The Kier molecular flexibility index (Phi) is 11.9. The number of imidazole rings is 1. The van der Waals surface area contributed by atoms with E-state index in [4.69, 9.17) is 4.98 Å². The minimum atomic E-state index is -0.0619. The summed E-state index contributed by atoms with van der Waals surface area (Å²) in [5, 5.41) is 0. The highest BCUT2D eigenvalue weighted by atomic mass is 32.2. The van der Waals surface area contributed by atoms with Gasteiger partial charge in [-0.05, 0) is 155 Å². The quantitative estimate of drug-likeness (QED) is 0.155. The van der Waals surface area contributed by atoms with Crippen LogP contribution in [0.15, 0.2) is 161 Å². The molecule has 0 radical (unpaired) electrons. The van der Waals surface area contributed by atoms with Crippen LogP contribution in [0.4, 0.5) is 34.1 Å². The van der Waals surface area contributed by atoms with Crippen LogP contribution < -0.4 is 26.2 Å². The molecule has 6 heteroatoms. The second-order valence-electron chi connectivity index (χ2n) is 27.0. The monoisotopic (exact) mass is 1030 g/mol. The van der Waals surface area contributed by atoms with Crippen molar-refractivity contribution in [3.05, 3.63) is 185 Å². The topological polar surface area (TPSA) is 24.3 Å². The molecule has 0 atom stereocenters. The van der Waals surface area contributed by atoms with Crippen molar-refractivity contribution in [2.75, 3.05) is 9.80 Å². The summed E-state index contributed by atoms with van der Waals surface area (Å²) in [5.41, 5.74) is 26.3. The Morgan fingerprint density at radius 3 is 1.57 bits per heavy atom. The van der Waals surface area contributed by atoms with Crippen LogP contribution >= 0.6 is 11.8 Å². The maximum absolute atomic E-state index is 5.44. The minimum absolute atomic E-state index is 0.000405. The molecule has 0 amide bonds. The number of nitrogens with zero attached hydrogens (tertiary/aromatic N) is 4. The van der Waals surface area contributed by atoms with Crippen LogP contribution in [0.25, 0.3) is 39.2 Å². The molecule has 77 heavy (non-hydrogen) atoms. The van der Waals surface area contributed by atoms with Gasteiger partial charge in [-0.3, -0.25) is 4.57 Å². The molecule has 3 aliphatic heterocycles. The summed E-state index contributed by atoms with van der Waals surface area (Å²) < 4.78 is 2.44. The molecule has 12 rings (SSSR count). The molecule has 4 heterocycles. The van der Waals surface area contributed by atoms with Crippen molar-refractivity contribution in [3.63, 3.8) is 0 Å². The molecule has 1 aromatic heterocycles. The van der Waals surface area contributed by atoms with E-state index in [9.17, 15) is 0 Å². The van der Waals surface area contributed by atoms with Gasteiger partial charge in [0, 0.05) is 38.1 Å². The van der Waals surface area contributed by atoms with Gasteiger partial charge in [0.2, 0.25) is 0 Å². The van der Waals surface area contributed by atoms with Crippen molar-refractivity contribution >= 4 is 80.0 Å². The summed E-state index contributed by atoms with van der Waals surface area (Å²) in [6.45, 7) is 37.3. The second kappa shape index (κ2) is 17.9. The van der Waals surface area contributed by atoms with Crippen LogP contribution in [-0.4, -0.2) is 16.3 Å². The first kappa shape index (κ1) is 51.0. The van der Waals surface area contributed by atoms with Gasteiger partial charge in [0.1, 0.15) is 5.82 Å². The van der Waals surface area contributed by atoms with E-state index in [-0.39, 0.29) is 28.4 Å². The molecule has 0 saturated carbocycles. The van der Waals surface area contributed by atoms with E-state index in [0.29, 0.717) is 11.8 Å². The Labute approximate surface area is 464 Å². The molecule has 9 aromatic rings. The standard InChI is InChI=1S/C71H75BN4S/c1-42(2)52-20-19-21-53(43(3)4)65(52)76-58-23-18-17-22-56(58)73-67(76)45-26-24-44(25-27-45)46-36-60-64-61(37-46)75-59-35-31-49(70(11,12)13)40-62(59)77-63-41-50(71(14,15)16)39-55(66(63)75)72(64)54-38-48(69(8,9)10)30-34-57(54)74(60)51-32-28-47(29-33-51)68(5,6)7/h17-43H,1-16H3. The third-order valence-electron chi connectivity index (χ3n) is 16.7. The maximum Gasteiger partial charge on any atom is 0.252 e. The SMILES string of the molecule is CC(C)c1cccc(C(C)C)c1-n1c(-c2ccc(-c3cc4c5c(c3)N3c6ccc(C(C)(C)C)cc6Sc6cc(C(C)(C)C)cc(c63)B5c3cc(C(C)(C)C)ccc3N4c3ccc(C(C)(C)C)cc3)cc2)nc2ccccc21. The first-order valence-electron chi connectivity index (χ1n) is 28.1. The molecule has 3 aliphatic rings. The van der Waals surface area contributed by atoms with Crippen molar-refractivity contribution in [3.8, 4) is 28.2 Å². The van der Waals surface area contributed by atoms with Gasteiger partial charge in [0.25, 0.3) is 6.71 Å². The fourth-order valence-electron chi connectivity index (χ4n) is 12.3. The Morgan fingerprint density at radius 1 is 0.429 bits per heavy atom. The van der Waals surface area contributed by atoms with Gasteiger partial charge >= 0.3 is 0 Å². The number of para-hydroxylation sites is 3. The van der Waals surface area contributed by atoms with Gasteiger partial charge in [-0.2, -0.15) is 0 Å². The van der Waals surface area contributed by atoms with Crippen LogP contribution in [0.5, 0.6) is 0 Å². The molecule has 0 aliphatic carbocycles. The molecule has 0 bridgehead atoms. The number of rotatable bonds is 6. The molecule has 8 aromatic carbocycles. The molecular weight excluding hydrogens is 952 g/mol. The zero-order valence-electron chi connectivity index (χ0n) is 48.4. The number of aromatic nitrogens is 2. The Morgan fingerprint density at radius 2 is 0.961 bits per heavy atom. The molecular formula is C71H75BN4S. The van der Waals surface area contributed by atoms with Gasteiger partial charge < -0.3 is 9.80 Å². The lowest BCUT2D eigenvalue weighted by molar-refractivity contribution is 0.588. The van der Waals surface area contributed by atoms with E-state index in [1.54, 1.807) is 0 Å². The van der Waals surface area contributed by atoms with Crippen molar-refractivity contribution in [1.82, 2.24) is 9.55 Å². The second-order valence-corrected chi connectivity index (χ2v) is 28.1. The average Bonchev–Trinajstić information content (AvgIpc) is 3.93.